The Morgan fingerprint density at radius 3 is 2.65 bits per heavy atom. The number of halogens is 1. The minimum atomic E-state index is -0.00833. The van der Waals surface area contributed by atoms with Gasteiger partial charge in [0.15, 0.2) is 0 Å². The normalized spacial score (nSPS) is 9.70. The van der Waals surface area contributed by atoms with Gasteiger partial charge in [0.1, 0.15) is 5.75 Å². The molecule has 0 saturated heterocycles. The van der Waals surface area contributed by atoms with Gasteiger partial charge in [-0.25, -0.2) is 0 Å². The van der Waals surface area contributed by atoms with Gasteiger partial charge in [0.25, 0.3) is 0 Å². The fraction of sp³-hybridized carbons (Fsp3) is 0.500. The third-order valence-corrected chi connectivity index (χ3v) is 2.68. The van der Waals surface area contributed by atoms with E-state index in [1.165, 1.54) is 0 Å². The summed E-state index contributed by atoms with van der Waals surface area (Å²) in [5.74, 6) is 0.848. The average molecular weight is 303 g/mol. The molecule has 1 amide bonds. The Hall–Kier alpha value is -1.30. The fourth-order valence-electron chi connectivity index (χ4n) is 1.68. The number of carbonyl (C=O) groups is 1. The van der Waals surface area contributed by atoms with E-state index in [-0.39, 0.29) is 18.3 Å². The molecule has 1 rings (SSSR count). The molecule has 0 aromatic heterocycles. The predicted octanol–water partition coefficient (Wildman–Crippen LogP) is 1.01. The summed E-state index contributed by atoms with van der Waals surface area (Å²) in [5, 5.41) is 5.86. The number of benzene rings is 1. The minimum absolute atomic E-state index is 0. The first-order chi connectivity index (χ1) is 9.27. The molecular weight excluding hydrogens is 280 g/mol. The molecule has 6 heteroatoms. The number of amides is 1. The van der Waals surface area contributed by atoms with Crippen LogP contribution in [-0.2, 0) is 16.0 Å². The van der Waals surface area contributed by atoms with Crippen molar-refractivity contribution in [2.75, 3.05) is 40.5 Å². The number of ether oxygens (including phenoxy) is 2. The van der Waals surface area contributed by atoms with Gasteiger partial charge in [-0.05, 0) is 18.1 Å². The largest absolute Gasteiger partial charge is 0.496 e. The van der Waals surface area contributed by atoms with Crippen LogP contribution in [0.15, 0.2) is 24.3 Å². The summed E-state index contributed by atoms with van der Waals surface area (Å²) < 4.78 is 10.1. The lowest BCUT2D eigenvalue weighted by Gasteiger charge is -2.09. The van der Waals surface area contributed by atoms with Crippen molar-refractivity contribution >= 4 is 18.3 Å². The van der Waals surface area contributed by atoms with E-state index in [9.17, 15) is 4.79 Å². The van der Waals surface area contributed by atoms with Crippen LogP contribution < -0.4 is 15.4 Å². The molecule has 0 spiro atoms. The lowest BCUT2D eigenvalue weighted by atomic mass is 10.1. The number of hydrogen-bond acceptors (Lipinski definition) is 4. The zero-order valence-electron chi connectivity index (χ0n) is 12.0. The number of rotatable bonds is 9. The first-order valence-corrected chi connectivity index (χ1v) is 6.36. The molecule has 1 aromatic carbocycles. The summed E-state index contributed by atoms with van der Waals surface area (Å²) >= 11 is 0. The number of hydrogen-bond donors (Lipinski definition) is 2. The fourth-order valence-corrected chi connectivity index (χ4v) is 1.68. The van der Waals surface area contributed by atoms with Crippen LogP contribution in [0.2, 0.25) is 0 Å². The van der Waals surface area contributed by atoms with Crippen molar-refractivity contribution < 1.29 is 14.3 Å². The molecule has 114 valence electrons. The Morgan fingerprint density at radius 2 is 1.95 bits per heavy atom. The van der Waals surface area contributed by atoms with Gasteiger partial charge in [-0.15, -0.1) is 12.4 Å². The molecule has 0 aliphatic carbocycles. The van der Waals surface area contributed by atoms with Crippen LogP contribution in [0, 0.1) is 0 Å². The van der Waals surface area contributed by atoms with Crippen molar-refractivity contribution in [1.82, 2.24) is 10.6 Å². The lowest BCUT2D eigenvalue weighted by Crippen LogP contribution is -2.36. The van der Waals surface area contributed by atoms with Crippen LogP contribution in [0.25, 0.3) is 0 Å². The summed E-state index contributed by atoms with van der Waals surface area (Å²) in [5.41, 5.74) is 1.10. The second-order valence-corrected chi connectivity index (χ2v) is 4.08. The topological polar surface area (TPSA) is 59.6 Å². The highest BCUT2D eigenvalue weighted by Crippen LogP contribution is 2.16. The van der Waals surface area contributed by atoms with Crippen LogP contribution in [0.5, 0.6) is 5.75 Å². The first kappa shape index (κ1) is 18.7. The smallest absolute Gasteiger partial charge is 0.233 e. The lowest BCUT2D eigenvalue weighted by molar-refractivity contribution is -0.120. The Kier molecular flexibility index (Phi) is 10.8. The van der Waals surface area contributed by atoms with Gasteiger partial charge in [0.2, 0.25) is 5.91 Å². The van der Waals surface area contributed by atoms with Crippen LogP contribution in [-0.4, -0.2) is 46.4 Å². The minimum Gasteiger partial charge on any atom is -0.496 e. The monoisotopic (exact) mass is 302 g/mol. The molecule has 0 heterocycles. The number of carbonyl (C=O) groups excluding carboxylic acids is 1. The molecule has 0 aliphatic heterocycles. The van der Waals surface area contributed by atoms with Crippen molar-refractivity contribution in [1.29, 1.82) is 0 Å². The highest BCUT2D eigenvalue weighted by molar-refractivity contribution is 5.85. The summed E-state index contributed by atoms with van der Waals surface area (Å²) in [6.45, 7) is 2.20. The van der Waals surface area contributed by atoms with Gasteiger partial charge in [-0.1, -0.05) is 18.2 Å². The standard InChI is InChI=1S/C14H22N2O3.ClH/c1-18-10-9-15-11-14(17)16-8-7-12-5-3-4-6-13(12)19-2;/h3-6,15H,7-11H2,1-2H3,(H,16,17);1H. The van der Waals surface area contributed by atoms with E-state index in [1.807, 2.05) is 24.3 Å². The Labute approximate surface area is 126 Å². The molecule has 0 atom stereocenters. The third kappa shape index (κ3) is 7.33. The SMILES string of the molecule is COCCNCC(=O)NCCc1ccccc1OC.Cl. The van der Waals surface area contributed by atoms with E-state index in [0.717, 1.165) is 17.7 Å². The maximum absolute atomic E-state index is 11.5. The van der Waals surface area contributed by atoms with E-state index in [0.29, 0.717) is 26.2 Å². The molecule has 0 fully saturated rings. The van der Waals surface area contributed by atoms with E-state index >= 15 is 0 Å². The van der Waals surface area contributed by atoms with Crippen molar-refractivity contribution in [3.05, 3.63) is 29.8 Å². The van der Waals surface area contributed by atoms with Gasteiger partial charge in [-0.3, -0.25) is 4.79 Å². The zero-order chi connectivity index (χ0) is 13.9. The quantitative estimate of drug-likeness (QED) is 0.669. The van der Waals surface area contributed by atoms with Crippen LogP contribution in [0.3, 0.4) is 0 Å². The summed E-state index contributed by atoms with van der Waals surface area (Å²) in [4.78, 5) is 11.5. The van der Waals surface area contributed by atoms with Crippen LogP contribution in [0.4, 0.5) is 0 Å². The number of para-hydroxylation sites is 1. The van der Waals surface area contributed by atoms with Crippen molar-refractivity contribution in [2.45, 2.75) is 6.42 Å². The molecule has 20 heavy (non-hydrogen) atoms. The highest BCUT2D eigenvalue weighted by atomic mass is 35.5. The second-order valence-electron chi connectivity index (χ2n) is 4.08. The molecule has 1 aromatic rings. The van der Waals surface area contributed by atoms with Gasteiger partial charge < -0.3 is 20.1 Å². The van der Waals surface area contributed by atoms with Gasteiger partial charge in [0, 0.05) is 20.2 Å². The van der Waals surface area contributed by atoms with Crippen LogP contribution in [0.1, 0.15) is 5.56 Å². The highest BCUT2D eigenvalue weighted by Gasteiger charge is 2.03. The number of nitrogens with one attached hydrogen (secondary N) is 2. The summed E-state index contributed by atoms with van der Waals surface area (Å²) in [6, 6.07) is 7.82. The third-order valence-electron chi connectivity index (χ3n) is 2.68. The van der Waals surface area contributed by atoms with Gasteiger partial charge in [0.05, 0.1) is 20.3 Å². The van der Waals surface area contributed by atoms with Crippen molar-refractivity contribution in [2.24, 2.45) is 0 Å². The maximum Gasteiger partial charge on any atom is 0.233 e. The van der Waals surface area contributed by atoms with Crippen molar-refractivity contribution in [3.63, 3.8) is 0 Å². The molecule has 0 unspecified atom stereocenters. The van der Waals surface area contributed by atoms with E-state index < -0.39 is 0 Å². The average Bonchev–Trinajstić information content (AvgIpc) is 2.44. The number of methoxy groups -OCH3 is 2. The molecule has 2 N–H and O–H groups in total. The zero-order valence-corrected chi connectivity index (χ0v) is 12.8. The second kappa shape index (κ2) is 11.5. The molecule has 5 nitrogen and oxygen atoms in total. The van der Waals surface area contributed by atoms with Gasteiger partial charge >= 0.3 is 0 Å². The van der Waals surface area contributed by atoms with E-state index in [4.69, 9.17) is 9.47 Å². The van der Waals surface area contributed by atoms with E-state index in [1.54, 1.807) is 14.2 Å². The molecule has 0 radical (unpaired) electrons. The first-order valence-electron chi connectivity index (χ1n) is 6.36. The summed E-state index contributed by atoms with van der Waals surface area (Å²) in [7, 11) is 3.28. The Morgan fingerprint density at radius 1 is 1.20 bits per heavy atom. The maximum atomic E-state index is 11.5. The van der Waals surface area contributed by atoms with Crippen molar-refractivity contribution in [3.8, 4) is 5.75 Å². The summed E-state index contributed by atoms with van der Waals surface area (Å²) in [6.07, 6.45) is 0.758. The Balaban J connectivity index is 0.00000361. The molecular formula is C14H23ClN2O3. The van der Waals surface area contributed by atoms with Crippen LogP contribution >= 0.6 is 12.4 Å². The Bertz CT molecular complexity index is 388. The molecule has 0 bridgehead atoms. The predicted molar refractivity (Wildman–Crippen MR) is 81.7 cm³/mol. The van der Waals surface area contributed by atoms with Gasteiger partial charge in [-0.2, -0.15) is 0 Å². The van der Waals surface area contributed by atoms with E-state index in [2.05, 4.69) is 10.6 Å². The molecule has 0 aliphatic rings. The molecule has 0 saturated carbocycles.